The van der Waals surface area contributed by atoms with Crippen molar-refractivity contribution in [1.29, 1.82) is 0 Å². The molecule has 2 amide bonds. The molecule has 11 heteroatoms. The van der Waals surface area contributed by atoms with Crippen molar-refractivity contribution in [3.8, 4) is 5.75 Å². The zero-order valence-electron chi connectivity index (χ0n) is 19.1. The van der Waals surface area contributed by atoms with Crippen LogP contribution in [-0.2, 0) is 11.3 Å². The average molecular weight is 487 g/mol. The molecule has 1 heterocycles. The molecule has 0 aliphatic heterocycles. The molecule has 0 saturated carbocycles. The zero-order chi connectivity index (χ0) is 25.7. The van der Waals surface area contributed by atoms with Gasteiger partial charge in [0.15, 0.2) is 0 Å². The van der Waals surface area contributed by atoms with Crippen LogP contribution in [0.1, 0.15) is 17.3 Å². The number of hydrogen-bond donors (Lipinski definition) is 2. The summed E-state index contributed by atoms with van der Waals surface area (Å²) in [5.41, 5.74) is 0.908. The van der Waals surface area contributed by atoms with E-state index in [1.165, 1.54) is 18.5 Å². The topological polar surface area (TPSA) is 145 Å². The van der Waals surface area contributed by atoms with Gasteiger partial charge in [-0.05, 0) is 61.5 Å². The fourth-order valence-electron chi connectivity index (χ4n) is 3.44. The molecule has 0 unspecified atom stereocenters. The summed E-state index contributed by atoms with van der Waals surface area (Å²) in [6, 6.07) is 17.0. The van der Waals surface area contributed by atoms with Gasteiger partial charge < -0.3 is 15.4 Å². The van der Waals surface area contributed by atoms with Gasteiger partial charge in [0.25, 0.3) is 17.2 Å². The lowest BCUT2D eigenvalue weighted by Gasteiger charge is -2.10. The summed E-state index contributed by atoms with van der Waals surface area (Å²) in [5, 5.41) is 16.5. The van der Waals surface area contributed by atoms with Crippen LogP contribution < -0.4 is 20.9 Å². The predicted octanol–water partition coefficient (Wildman–Crippen LogP) is 3.59. The molecular weight excluding hydrogens is 466 g/mol. The van der Waals surface area contributed by atoms with E-state index in [0.29, 0.717) is 34.8 Å². The fourth-order valence-corrected chi connectivity index (χ4v) is 3.44. The van der Waals surface area contributed by atoms with Crippen LogP contribution in [-0.4, -0.2) is 32.9 Å². The molecule has 36 heavy (non-hydrogen) atoms. The minimum absolute atomic E-state index is 0.0439. The highest BCUT2D eigenvalue weighted by atomic mass is 16.6. The van der Waals surface area contributed by atoms with Crippen LogP contribution >= 0.6 is 0 Å². The molecule has 0 atom stereocenters. The number of carbonyl (C=O) groups is 2. The second-order valence-electron chi connectivity index (χ2n) is 7.67. The van der Waals surface area contributed by atoms with Gasteiger partial charge in [-0.15, -0.1) is 0 Å². The number of amides is 2. The largest absolute Gasteiger partial charge is 0.494 e. The number of benzene rings is 3. The summed E-state index contributed by atoms with van der Waals surface area (Å²) in [4.78, 5) is 52.1. The van der Waals surface area contributed by atoms with Crippen LogP contribution in [0.5, 0.6) is 5.75 Å². The van der Waals surface area contributed by atoms with Crippen molar-refractivity contribution in [3.63, 3.8) is 0 Å². The molecule has 182 valence electrons. The van der Waals surface area contributed by atoms with Crippen LogP contribution in [0, 0.1) is 10.1 Å². The maximum Gasteiger partial charge on any atom is 0.270 e. The fraction of sp³-hybridized carbons (Fsp3) is 0.120. The van der Waals surface area contributed by atoms with Gasteiger partial charge in [0.2, 0.25) is 5.91 Å². The van der Waals surface area contributed by atoms with E-state index in [1.54, 1.807) is 48.5 Å². The predicted molar refractivity (Wildman–Crippen MR) is 133 cm³/mol. The molecule has 0 bridgehead atoms. The third-order valence-electron chi connectivity index (χ3n) is 5.19. The Balaban J connectivity index is 1.39. The van der Waals surface area contributed by atoms with Gasteiger partial charge in [-0.3, -0.25) is 29.1 Å². The van der Waals surface area contributed by atoms with Crippen molar-refractivity contribution in [1.82, 2.24) is 9.55 Å². The number of aromatic nitrogens is 2. The molecular formula is C25H21N5O6. The molecule has 0 aliphatic rings. The Morgan fingerprint density at radius 1 is 1.00 bits per heavy atom. The van der Waals surface area contributed by atoms with Crippen LogP contribution in [0.3, 0.4) is 0 Å². The average Bonchev–Trinajstić information content (AvgIpc) is 2.87. The number of hydrogen-bond acceptors (Lipinski definition) is 7. The van der Waals surface area contributed by atoms with Gasteiger partial charge in [-0.1, -0.05) is 0 Å². The molecule has 0 radical (unpaired) electrons. The monoisotopic (exact) mass is 487 g/mol. The van der Waals surface area contributed by atoms with Gasteiger partial charge in [0.05, 0.1) is 28.8 Å². The molecule has 2 N–H and O–H groups in total. The lowest BCUT2D eigenvalue weighted by atomic mass is 10.2. The van der Waals surface area contributed by atoms with E-state index >= 15 is 0 Å². The van der Waals surface area contributed by atoms with Crippen LogP contribution in [0.15, 0.2) is 77.9 Å². The Morgan fingerprint density at radius 3 is 2.33 bits per heavy atom. The molecule has 0 saturated heterocycles. The highest BCUT2D eigenvalue weighted by Gasteiger charge is 2.13. The van der Waals surface area contributed by atoms with E-state index in [4.69, 9.17) is 4.74 Å². The normalized spacial score (nSPS) is 10.6. The second-order valence-corrected chi connectivity index (χ2v) is 7.67. The lowest BCUT2D eigenvalue weighted by molar-refractivity contribution is -0.384. The molecule has 4 rings (SSSR count). The summed E-state index contributed by atoms with van der Waals surface area (Å²) in [7, 11) is 0. The lowest BCUT2D eigenvalue weighted by Crippen LogP contribution is -2.28. The Hall–Kier alpha value is -5.06. The molecule has 4 aromatic rings. The van der Waals surface area contributed by atoms with Gasteiger partial charge in [0.1, 0.15) is 12.3 Å². The van der Waals surface area contributed by atoms with Crippen LogP contribution in [0.25, 0.3) is 10.9 Å². The Labute approximate surface area is 204 Å². The number of non-ortho nitro benzene ring substituents is 1. The molecule has 0 fully saturated rings. The number of ether oxygens (including phenoxy) is 1. The minimum Gasteiger partial charge on any atom is -0.494 e. The third-order valence-corrected chi connectivity index (χ3v) is 5.19. The van der Waals surface area contributed by atoms with Crippen molar-refractivity contribution in [3.05, 3.63) is 99.1 Å². The van der Waals surface area contributed by atoms with E-state index in [9.17, 15) is 24.5 Å². The first kappa shape index (κ1) is 24.1. The van der Waals surface area contributed by atoms with Crippen molar-refractivity contribution in [2.24, 2.45) is 0 Å². The van der Waals surface area contributed by atoms with Crippen LogP contribution in [0.2, 0.25) is 0 Å². The van der Waals surface area contributed by atoms with E-state index in [1.807, 2.05) is 6.92 Å². The number of rotatable bonds is 8. The smallest absolute Gasteiger partial charge is 0.270 e. The van der Waals surface area contributed by atoms with E-state index in [2.05, 4.69) is 15.6 Å². The van der Waals surface area contributed by atoms with E-state index < -0.39 is 16.4 Å². The molecule has 1 aromatic heterocycles. The Bertz CT molecular complexity index is 1500. The summed E-state index contributed by atoms with van der Waals surface area (Å²) >= 11 is 0. The molecule has 0 aliphatic carbocycles. The summed E-state index contributed by atoms with van der Waals surface area (Å²) in [6.45, 7) is 2.09. The number of nitrogens with zero attached hydrogens (tertiary/aromatic N) is 3. The number of nitro benzene ring substituents is 1. The van der Waals surface area contributed by atoms with Gasteiger partial charge >= 0.3 is 0 Å². The molecule has 0 spiro atoms. The van der Waals surface area contributed by atoms with Crippen molar-refractivity contribution < 1.29 is 19.2 Å². The van der Waals surface area contributed by atoms with Gasteiger partial charge in [-0.2, -0.15) is 0 Å². The Morgan fingerprint density at radius 2 is 1.67 bits per heavy atom. The van der Waals surface area contributed by atoms with E-state index in [-0.39, 0.29) is 23.5 Å². The zero-order valence-corrected chi connectivity index (χ0v) is 19.1. The second kappa shape index (κ2) is 10.5. The van der Waals surface area contributed by atoms with Crippen molar-refractivity contribution in [2.45, 2.75) is 13.5 Å². The van der Waals surface area contributed by atoms with Crippen molar-refractivity contribution in [2.75, 3.05) is 17.2 Å². The number of nitrogens with one attached hydrogen (secondary N) is 2. The highest BCUT2D eigenvalue weighted by Crippen LogP contribution is 2.18. The van der Waals surface area contributed by atoms with Crippen molar-refractivity contribution >= 4 is 39.8 Å². The number of carbonyl (C=O) groups excluding carboxylic acids is 2. The number of anilines is 2. The third kappa shape index (κ3) is 5.53. The summed E-state index contributed by atoms with van der Waals surface area (Å²) in [5.74, 6) is -0.117. The number of fused-ring (bicyclic) bond motifs is 1. The molecule has 3 aromatic carbocycles. The maximum absolute atomic E-state index is 12.7. The number of nitro groups is 1. The van der Waals surface area contributed by atoms with Crippen LogP contribution in [0.4, 0.5) is 17.1 Å². The highest BCUT2D eigenvalue weighted by molar-refractivity contribution is 6.04. The van der Waals surface area contributed by atoms with Gasteiger partial charge in [-0.25, -0.2) is 4.98 Å². The van der Waals surface area contributed by atoms with E-state index in [0.717, 1.165) is 10.6 Å². The maximum atomic E-state index is 12.7. The first-order valence-corrected chi connectivity index (χ1v) is 10.9. The minimum atomic E-state index is -0.606. The first-order valence-electron chi connectivity index (χ1n) is 10.9. The first-order chi connectivity index (χ1) is 17.3. The summed E-state index contributed by atoms with van der Waals surface area (Å²) < 4.78 is 6.45. The summed E-state index contributed by atoms with van der Waals surface area (Å²) in [6.07, 6.45) is 1.21. The Kier molecular flexibility index (Phi) is 7.00. The standard InChI is InChI=1S/C25H21N5O6/c1-2-36-20-10-7-18(8-11-20)28-24(32)16-3-5-17(6-4-16)27-23(31)14-29-15-26-22-12-9-19(30(34)35)13-21(22)25(29)33/h3-13,15H,2,14H2,1H3,(H,27,31)(H,28,32). The SMILES string of the molecule is CCOc1ccc(NC(=O)c2ccc(NC(=O)Cn3cnc4ccc([N+](=O)[O-])cc4c3=O)cc2)cc1. The quantitative estimate of drug-likeness (QED) is 0.285. The molecule has 11 nitrogen and oxygen atoms in total. The van der Waals surface area contributed by atoms with Gasteiger partial charge in [0, 0.05) is 29.1 Å².